The van der Waals surface area contributed by atoms with E-state index in [-0.39, 0.29) is 11.9 Å². The molecule has 2 aromatic rings. The lowest BCUT2D eigenvalue weighted by Gasteiger charge is -2.23. The van der Waals surface area contributed by atoms with Gasteiger partial charge in [-0.15, -0.1) is 0 Å². The second-order valence-corrected chi connectivity index (χ2v) is 6.06. The topological polar surface area (TPSA) is 74.2 Å². The third-order valence-electron chi connectivity index (χ3n) is 4.61. The average Bonchev–Trinajstić information content (AvgIpc) is 3.25. The Labute approximate surface area is 128 Å². The Morgan fingerprint density at radius 1 is 1.45 bits per heavy atom. The molecule has 0 aromatic carbocycles. The van der Waals surface area contributed by atoms with Gasteiger partial charge in [0, 0.05) is 37.3 Å². The summed E-state index contributed by atoms with van der Waals surface area (Å²) >= 11 is 0. The molecule has 2 N–H and O–H groups in total. The first-order chi connectivity index (χ1) is 10.7. The number of aromatic nitrogens is 2. The number of rotatable bonds is 2. The molecule has 116 valence electrons. The van der Waals surface area contributed by atoms with Gasteiger partial charge < -0.3 is 14.6 Å². The summed E-state index contributed by atoms with van der Waals surface area (Å²) in [5, 5.41) is 10.6. The molecule has 2 aromatic heterocycles. The molecule has 0 radical (unpaired) electrons. The van der Waals surface area contributed by atoms with E-state index in [9.17, 15) is 4.79 Å². The van der Waals surface area contributed by atoms with Crippen molar-refractivity contribution in [2.24, 2.45) is 0 Å². The quantitative estimate of drug-likeness (QED) is 0.889. The first kappa shape index (κ1) is 13.6. The van der Waals surface area contributed by atoms with Gasteiger partial charge in [-0.05, 0) is 31.9 Å². The van der Waals surface area contributed by atoms with Gasteiger partial charge in [-0.25, -0.2) is 0 Å². The Bertz CT molecular complexity index is 703. The molecular weight excluding hydrogens is 280 g/mol. The van der Waals surface area contributed by atoms with Crippen LogP contribution in [0.1, 0.15) is 52.1 Å². The third-order valence-corrected chi connectivity index (χ3v) is 4.61. The van der Waals surface area contributed by atoms with Gasteiger partial charge in [0.1, 0.15) is 11.5 Å². The number of likely N-dealkylation sites (tertiary alicyclic amines) is 1. The summed E-state index contributed by atoms with van der Waals surface area (Å²) in [5.74, 6) is 1.78. The van der Waals surface area contributed by atoms with Crippen molar-refractivity contribution >= 4 is 5.91 Å². The van der Waals surface area contributed by atoms with E-state index in [0.29, 0.717) is 12.2 Å². The van der Waals surface area contributed by atoms with Crippen molar-refractivity contribution in [2.75, 3.05) is 13.1 Å². The molecule has 6 nitrogen and oxygen atoms in total. The van der Waals surface area contributed by atoms with Gasteiger partial charge in [0.25, 0.3) is 5.91 Å². The number of carbonyl (C=O) groups excluding carboxylic acids is 1. The maximum atomic E-state index is 12.9. The van der Waals surface area contributed by atoms with E-state index in [1.807, 2.05) is 24.0 Å². The van der Waals surface area contributed by atoms with E-state index < -0.39 is 0 Å². The summed E-state index contributed by atoms with van der Waals surface area (Å²) in [4.78, 5) is 14.9. The van der Waals surface area contributed by atoms with Crippen molar-refractivity contribution in [3.05, 3.63) is 40.6 Å². The second kappa shape index (κ2) is 5.28. The molecule has 1 atom stereocenters. The van der Waals surface area contributed by atoms with Gasteiger partial charge in [-0.1, -0.05) is 0 Å². The minimum absolute atomic E-state index is 0.0118. The molecule has 6 heteroatoms. The van der Waals surface area contributed by atoms with Gasteiger partial charge in [0.15, 0.2) is 5.69 Å². The predicted molar refractivity (Wildman–Crippen MR) is 80.5 cm³/mol. The number of H-pyrrole nitrogens is 1. The van der Waals surface area contributed by atoms with Gasteiger partial charge >= 0.3 is 0 Å². The van der Waals surface area contributed by atoms with Crippen LogP contribution < -0.4 is 5.32 Å². The minimum atomic E-state index is 0.0118. The molecule has 1 unspecified atom stereocenters. The van der Waals surface area contributed by atoms with Gasteiger partial charge in [-0.2, -0.15) is 5.10 Å². The highest BCUT2D eigenvalue weighted by molar-refractivity contribution is 5.94. The van der Waals surface area contributed by atoms with Crippen LogP contribution in [0.3, 0.4) is 0 Å². The molecule has 1 amide bonds. The maximum absolute atomic E-state index is 12.9. The molecule has 1 fully saturated rings. The molecule has 0 aliphatic carbocycles. The Kier molecular flexibility index (Phi) is 3.26. The summed E-state index contributed by atoms with van der Waals surface area (Å²) < 4.78 is 5.74. The Morgan fingerprint density at radius 2 is 2.36 bits per heavy atom. The summed E-state index contributed by atoms with van der Waals surface area (Å²) in [6, 6.07) is 3.97. The third kappa shape index (κ3) is 2.14. The van der Waals surface area contributed by atoms with Crippen molar-refractivity contribution < 1.29 is 9.21 Å². The fraction of sp³-hybridized carbons (Fsp3) is 0.500. The van der Waals surface area contributed by atoms with Crippen LogP contribution in [0.15, 0.2) is 16.5 Å². The van der Waals surface area contributed by atoms with E-state index >= 15 is 0 Å². The van der Waals surface area contributed by atoms with E-state index in [1.165, 1.54) is 0 Å². The monoisotopic (exact) mass is 300 g/mol. The second-order valence-electron chi connectivity index (χ2n) is 6.06. The Balaban J connectivity index is 1.63. The first-order valence-corrected chi connectivity index (χ1v) is 7.88. The molecule has 22 heavy (non-hydrogen) atoms. The zero-order valence-electron chi connectivity index (χ0n) is 12.7. The van der Waals surface area contributed by atoms with E-state index in [2.05, 4.69) is 15.5 Å². The van der Waals surface area contributed by atoms with Crippen LogP contribution in [-0.4, -0.2) is 34.1 Å². The summed E-state index contributed by atoms with van der Waals surface area (Å²) in [6.07, 6.45) is 2.85. The number of amides is 1. The molecular formula is C16H20N4O2. The molecule has 0 spiro atoms. The van der Waals surface area contributed by atoms with E-state index in [0.717, 1.165) is 55.1 Å². The minimum Gasteiger partial charge on any atom is -0.464 e. The Morgan fingerprint density at radius 3 is 3.18 bits per heavy atom. The molecule has 2 aliphatic heterocycles. The standard InChI is InChI=1S/C16H20N4O2/c1-10-4-5-14(22-10)13-3-2-8-20(13)16(21)15-11-9-17-7-6-12(11)18-19-15/h4-5,13,17H,2-3,6-9H2,1H3,(H,18,19). The number of hydrogen-bond acceptors (Lipinski definition) is 4. The van der Waals surface area contributed by atoms with Gasteiger partial charge in [0.2, 0.25) is 0 Å². The zero-order chi connectivity index (χ0) is 15.1. The van der Waals surface area contributed by atoms with Crippen molar-refractivity contribution in [1.29, 1.82) is 0 Å². The lowest BCUT2D eigenvalue weighted by atomic mass is 10.1. The number of carbonyl (C=O) groups is 1. The van der Waals surface area contributed by atoms with Crippen LogP contribution >= 0.6 is 0 Å². The molecule has 0 bridgehead atoms. The maximum Gasteiger partial charge on any atom is 0.275 e. The summed E-state index contributed by atoms with van der Waals surface area (Å²) in [7, 11) is 0. The van der Waals surface area contributed by atoms with Crippen LogP contribution in [0.2, 0.25) is 0 Å². The highest BCUT2D eigenvalue weighted by Crippen LogP contribution is 2.34. The lowest BCUT2D eigenvalue weighted by Crippen LogP contribution is -2.32. The highest BCUT2D eigenvalue weighted by Gasteiger charge is 2.35. The van der Waals surface area contributed by atoms with E-state index in [1.54, 1.807) is 0 Å². The number of nitrogens with one attached hydrogen (secondary N) is 2. The predicted octanol–water partition coefficient (Wildman–Crippen LogP) is 1.93. The molecule has 1 saturated heterocycles. The van der Waals surface area contributed by atoms with Gasteiger partial charge in [0.05, 0.1) is 6.04 Å². The zero-order valence-corrected chi connectivity index (χ0v) is 12.7. The normalized spacial score (nSPS) is 21.1. The first-order valence-electron chi connectivity index (χ1n) is 7.88. The lowest BCUT2D eigenvalue weighted by molar-refractivity contribution is 0.0711. The number of aromatic amines is 1. The largest absolute Gasteiger partial charge is 0.464 e. The SMILES string of the molecule is Cc1ccc(C2CCCN2C(=O)c2n[nH]c3c2CNCC3)o1. The Hall–Kier alpha value is -2.08. The number of nitrogens with zero attached hydrogens (tertiary/aromatic N) is 2. The van der Waals surface area contributed by atoms with Crippen LogP contribution in [0.4, 0.5) is 0 Å². The molecule has 0 saturated carbocycles. The molecule has 4 rings (SSSR count). The number of aryl methyl sites for hydroxylation is 1. The van der Waals surface area contributed by atoms with Crippen molar-refractivity contribution in [1.82, 2.24) is 20.4 Å². The fourth-order valence-corrected chi connectivity index (χ4v) is 3.48. The summed E-state index contributed by atoms with van der Waals surface area (Å²) in [5.41, 5.74) is 2.68. The molecule has 2 aliphatic rings. The van der Waals surface area contributed by atoms with Crippen molar-refractivity contribution in [2.45, 2.75) is 38.8 Å². The van der Waals surface area contributed by atoms with E-state index in [4.69, 9.17) is 4.42 Å². The van der Waals surface area contributed by atoms with Crippen LogP contribution in [0.25, 0.3) is 0 Å². The van der Waals surface area contributed by atoms with Crippen LogP contribution in [0.5, 0.6) is 0 Å². The fourth-order valence-electron chi connectivity index (χ4n) is 3.48. The van der Waals surface area contributed by atoms with Crippen LogP contribution in [0, 0.1) is 6.92 Å². The van der Waals surface area contributed by atoms with Crippen molar-refractivity contribution in [3.8, 4) is 0 Å². The van der Waals surface area contributed by atoms with Crippen molar-refractivity contribution in [3.63, 3.8) is 0 Å². The summed E-state index contributed by atoms with van der Waals surface area (Å²) in [6.45, 7) is 4.34. The number of fused-ring (bicyclic) bond motifs is 1. The smallest absolute Gasteiger partial charge is 0.275 e. The highest BCUT2D eigenvalue weighted by atomic mass is 16.3. The number of hydrogen-bond donors (Lipinski definition) is 2. The number of furan rings is 1. The average molecular weight is 300 g/mol. The molecule has 4 heterocycles. The van der Waals surface area contributed by atoms with Gasteiger partial charge in [-0.3, -0.25) is 9.89 Å². The van der Waals surface area contributed by atoms with Crippen LogP contribution in [-0.2, 0) is 13.0 Å².